The molecule has 3 heteroatoms. The highest BCUT2D eigenvalue weighted by atomic mass is 16.4. The van der Waals surface area contributed by atoms with Gasteiger partial charge in [0.2, 0.25) is 0 Å². The molecule has 0 spiro atoms. The molecule has 3 nitrogen and oxygen atoms in total. The smallest absolute Gasteiger partial charge is 0.303 e. The predicted molar refractivity (Wildman–Crippen MR) is 64.7 cm³/mol. The molecule has 17 heavy (non-hydrogen) atoms. The Morgan fingerprint density at radius 3 is 2.53 bits per heavy atom. The topological polar surface area (TPSA) is 54.4 Å². The van der Waals surface area contributed by atoms with Gasteiger partial charge in [-0.1, -0.05) is 27.2 Å². The van der Waals surface area contributed by atoms with E-state index in [2.05, 4.69) is 13.8 Å². The summed E-state index contributed by atoms with van der Waals surface area (Å²) >= 11 is 0. The Kier molecular flexibility index (Phi) is 2.64. The van der Waals surface area contributed by atoms with Gasteiger partial charge < -0.3 is 5.11 Å². The number of aliphatic carboxylic acids is 1. The number of hydrogen-bond donors (Lipinski definition) is 1. The molecule has 0 bridgehead atoms. The first-order valence-corrected chi connectivity index (χ1v) is 6.50. The predicted octanol–water partition coefficient (Wildman–Crippen LogP) is 3.03. The summed E-state index contributed by atoms with van der Waals surface area (Å²) in [6.07, 6.45) is 4.58. The van der Waals surface area contributed by atoms with E-state index in [1.807, 2.05) is 6.92 Å². The Hall–Kier alpha value is -0.860. The van der Waals surface area contributed by atoms with Crippen molar-refractivity contribution in [2.24, 2.45) is 16.2 Å². The number of carboxylic acids is 1. The van der Waals surface area contributed by atoms with Crippen molar-refractivity contribution in [3.63, 3.8) is 0 Å². The lowest BCUT2D eigenvalue weighted by atomic mass is 9.58. The van der Waals surface area contributed by atoms with E-state index in [1.54, 1.807) is 0 Å². The van der Waals surface area contributed by atoms with Crippen molar-refractivity contribution in [3.05, 3.63) is 0 Å². The van der Waals surface area contributed by atoms with Crippen LogP contribution in [0.4, 0.5) is 0 Å². The molecule has 0 aromatic heterocycles. The fourth-order valence-electron chi connectivity index (χ4n) is 4.26. The van der Waals surface area contributed by atoms with Crippen LogP contribution in [0.3, 0.4) is 0 Å². The number of carbonyl (C=O) groups is 2. The summed E-state index contributed by atoms with van der Waals surface area (Å²) in [5.41, 5.74) is -0.347. The summed E-state index contributed by atoms with van der Waals surface area (Å²) in [5.74, 6) is -0.516. The molecule has 2 aliphatic carbocycles. The summed E-state index contributed by atoms with van der Waals surface area (Å²) in [7, 11) is 0. The first-order chi connectivity index (χ1) is 7.75. The fourth-order valence-corrected chi connectivity index (χ4v) is 4.26. The standard InChI is InChI=1S/C14H22O3/c1-12-6-4-7-14(12,3)13(2,10(15)9-12)8-5-11(16)17/h4-9H2,1-3H3,(H,16,17)/t12-,13+,14-/m0/s1. The Bertz CT molecular complexity index is 376. The van der Waals surface area contributed by atoms with Gasteiger partial charge in [-0.2, -0.15) is 0 Å². The number of fused-ring (bicyclic) bond motifs is 1. The summed E-state index contributed by atoms with van der Waals surface area (Å²) in [6, 6.07) is 0. The van der Waals surface area contributed by atoms with Gasteiger partial charge in [-0.15, -0.1) is 0 Å². The number of rotatable bonds is 3. The molecular weight excluding hydrogens is 216 g/mol. The largest absolute Gasteiger partial charge is 0.481 e. The minimum absolute atomic E-state index is 0.00741. The third kappa shape index (κ3) is 1.47. The second-order valence-corrected chi connectivity index (χ2v) is 6.57. The molecule has 0 unspecified atom stereocenters. The van der Waals surface area contributed by atoms with Gasteiger partial charge in [-0.05, 0) is 30.1 Å². The molecule has 2 aliphatic rings. The van der Waals surface area contributed by atoms with Crippen LogP contribution in [0.15, 0.2) is 0 Å². The molecule has 0 saturated heterocycles. The highest BCUT2D eigenvalue weighted by Gasteiger charge is 2.66. The van der Waals surface area contributed by atoms with Crippen LogP contribution < -0.4 is 0 Å². The van der Waals surface area contributed by atoms with Gasteiger partial charge in [-0.3, -0.25) is 9.59 Å². The molecule has 1 N–H and O–H groups in total. The molecular formula is C14H22O3. The SMILES string of the molecule is C[C@@]12CCC[C@]1(C)[C@](C)(CCC(=O)O)C(=O)C2. The van der Waals surface area contributed by atoms with Crippen LogP contribution in [-0.4, -0.2) is 16.9 Å². The molecule has 0 aromatic carbocycles. The van der Waals surface area contributed by atoms with Gasteiger partial charge in [-0.25, -0.2) is 0 Å². The van der Waals surface area contributed by atoms with Crippen molar-refractivity contribution < 1.29 is 14.7 Å². The molecule has 0 heterocycles. The first-order valence-electron chi connectivity index (χ1n) is 6.50. The van der Waals surface area contributed by atoms with Crippen molar-refractivity contribution in [2.75, 3.05) is 0 Å². The molecule has 2 fully saturated rings. The molecule has 3 atom stereocenters. The normalized spacial score (nSPS) is 45.0. The number of carboxylic acid groups (broad SMARTS) is 1. The molecule has 0 amide bonds. The van der Waals surface area contributed by atoms with Crippen LogP contribution in [0.1, 0.15) is 59.3 Å². The van der Waals surface area contributed by atoms with Crippen molar-refractivity contribution >= 4 is 11.8 Å². The van der Waals surface area contributed by atoms with E-state index < -0.39 is 11.4 Å². The second kappa shape index (κ2) is 3.56. The fraction of sp³-hybridized carbons (Fsp3) is 0.857. The van der Waals surface area contributed by atoms with Crippen LogP contribution in [-0.2, 0) is 9.59 Å². The van der Waals surface area contributed by atoms with Crippen LogP contribution in [0.2, 0.25) is 0 Å². The average Bonchev–Trinajstić information content (AvgIpc) is 2.58. The average molecular weight is 238 g/mol. The van der Waals surface area contributed by atoms with Gasteiger partial charge in [0.25, 0.3) is 0 Å². The van der Waals surface area contributed by atoms with Gasteiger partial charge in [0.15, 0.2) is 0 Å². The summed E-state index contributed by atoms with van der Waals surface area (Å²) < 4.78 is 0. The Morgan fingerprint density at radius 2 is 1.94 bits per heavy atom. The maximum Gasteiger partial charge on any atom is 0.303 e. The lowest BCUT2D eigenvalue weighted by molar-refractivity contribution is -0.139. The van der Waals surface area contributed by atoms with Crippen molar-refractivity contribution in [1.82, 2.24) is 0 Å². The minimum Gasteiger partial charge on any atom is -0.481 e. The molecule has 2 rings (SSSR count). The molecule has 96 valence electrons. The Labute approximate surface area is 103 Å². The number of ketones is 1. The number of hydrogen-bond acceptors (Lipinski definition) is 2. The number of carbonyl (C=O) groups excluding carboxylic acids is 1. The highest BCUT2D eigenvalue weighted by molar-refractivity contribution is 5.89. The van der Waals surface area contributed by atoms with E-state index >= 15 is 0 Å². The monoisotopic (exact) mass is 238 g/mol. The van der Waals surface area contributed by atoms with Crippen LogP contribution in [0.25, 0.3) is 0 Å². The van der Waals surface area contributed by atoms with Gasteiger partial charge in [0, 0.05) is 18.3 Å². The lowest BCUT2D eigenvalue weighted by Gasteiger charge is -2.44. The van der Waals surface area contributed by atoms with Crippen molar-refractivity contribution in [2.45, 2.75) is 59.3 Å². The van der Waals surface area contributed by atoms with E-state index in [0.717, 1.165) is 12.8 Å². The van der Waals surface area contributed by atoms with Crippen LogP contribution >= 0.6 is 0 Å². The highest BCUT2D eigenvalue weighted by Crippen LogP contribution is 2.69. The zero-order valence-electron chi connectivity index (χ0n) is 11.0. The first kappa shape index (κ1) is 12.6. The lowest BCUT2D eigenvalue weighted by Crippen LogP contribution is -2.41. The Morgan fingerprint density at radius 1 is 1.29 bits per heavy atom. The van der Waals surface area contributed by atoms with Crippen LogP contribution in [0, 0.1) is 16.2 Å². The number of Topliss-reactive ketones (excluding diaryl/α,β-unsaturated/α-hetero) is 1. The summed E-state index contributed by atoms with van der Waals surface area (Å²) in [6.45, 7) is 6.41. The molecule has 0 radical (unpaired) electrons. The molecule has 0 aromatic rings. The van der Waals surface area contributed by atoms with E-state index in [0.29, 0.717) is 12.8 Å². The maximum atomic E-state index is 12.3. The van der Waals surface area contributed by atoms with Crippen LogP contribution in [0.5, 0.6) is 0 Å². The maximum absolute atomic E-state index is 12.3. The van der Waals surface area contributed by atoms with Crippen molar-refractivity contribution in [1.29, 1.82) is 0 Å². The van der Waals surface area contributed by atoms with E-state index in [-0.39, 0.29) is 23.0 Å². The third-order valence-corrected chi connectivity index (χ3v) is 5.96. The van der Waals surface area contributed by atoms with Crippen molar-refractivity contribution in [3.8, 4) is 0 Å². The van der Waals surface area contributed by atoms with E-state index in [1.165, 1.54) is 6.42 Å². The zero-order chi connectivity index (χ0) is 12.9. The minimum atomic E-state index is -0.797. The Balaban J connectivity index is 2.32. The zero-order valence-corrected chi connectivity index (χ0v) is 11.0. The van der Waals surface area contributed by atoms with Gasteiger partial charge in [0.05, 0.1) is 0 Å². The quantitative estimate of drug-likeness (QED) is 0.822. The van der Waals surface area contributed by atoms with E-state index in [9.17, 15) is 9.59 Å². The molecule has 2 saturated carbocycles. The van der Waals surface area contributed by atoms with Gasteiger partial charge in [0.1, 0.15) is 5.78 Å². The summed E-state index contributed by atoms with van der Waals surface area (Å²) in [5, 5.41) is 8.85. The summed E-state index contributed by atoms with van der Waals surface area (Å²) in [4.78, 5) is 23.1. The molecule has 0 aliphatic heterocycles. The third-order valence-electron chi connectivity index (χ3n) is 5.96. The second-order valence-electron chi connectivity index (χ2n) is 6.57. The van der Waals surface area contributed by atoms with E-state index in [4.69, 9.17) is 5.11 Å². The van der Waals surface area contributed by atoms with Gasteiger partial charge >= 0.3 is 5.97 Å².